The van der Waals surface area contributed by atoms with E-state index in [0.29, 0.717) is 0 Å². The molecule has 0 aliphatic carbocycles. The molecule has 0 aliphatic rings. The first-order valence-corrected chi connectivity index (χ1v) is 8.88. The highest BCUT2D eigenvalue weighted by Crippen LogP contribution is 2.28. The molecule has 148 valence electrons. The van der Waals surface area contributed by atoms with Gasteiger partial charge in [0.25, 0.3) is 5.91 Å². The van der Waals surface area contributed by atoms with Crippen molar-refractivity contribution in [2.75, 3.05) is 13.2 Å². The van der Waals surface area contributed by atoms with E-state index in [1.807, 2.05) is 30.3 Å². The second-order valence-electron chi connectivity index (χ2n) is 6.08. The molecule has 0 saturated carbocycles. The Hall–Kier alpha value is -3.42. The molecule has 0 atom stereocenters. The minimum atomic E-state index is -0.941. The molecule has 1 amide bonds. The van der Waals surface area contributed by atoms with Gasteiger partial charge < -0.3 is 14.7 Å². The summed E-state index contributed by atoms with van der Waals surface area (Å²) in [6.07, 6.45) is 0.217. The van der Waals surface area contributed by atoms with Crippen LogP contribution in [0.1, 0.15) is 35.7 Å². The number of nitrogens with zero attached hydrogens (tertiary/aromatic N) is 2. The highest BCUT2D eigenvalue weighted by Gasteiger charge is 2.22. The molecule has 0 unspecified atom stereocenters. The van der Waals surface area contributed by atoms with Gasteiger partial charge in [0.15, 0.2) is 5.75 Å². The zero-order chi connectivity index (χ0) is 20.5. The first-order chi connectivity index (χ1) is 13.4. The first-order valence-electron chi connectivity index (χ1n) is 8.88. The number of carboxylic acids is 1. The van der Waals surface area contributed by atoms with E-state index in [1.165, 1.54) is 23.1 Å². The van der Waals surface area contributed by atoms with Crippen LogP contribution in [0, 0.1) is 10.1 Å². The van der Waals surface area contributed by atoms with E-state index in [2.05, 4.69) is 0 Å². The van der Waals surface area contributed by atoms with Gasteiger partial charge in [-0.25, -0.2) is 0 Å². The Morgan fingerprint density at radius 2 is 1.89 bits per heavy atom. The van der Waals surface area contributed by atoms with Crippen molar-refractivity contribution >= 4 is 17.6 Å². The Kier molecular flexibility index (Phi) is 7.50. The monoisotopic (exact) mass is 386 g/mol. The second-order valence-corrected chi connectivity index (χ2v) is 6.08. The topological polar surface area (TPSA) is 110 Å². The maximum Gasteiger partial charge on any atom is 0.311 e. The lowest BCUT2D eigenvalue weighted by Crippen LogP contribution is -2.32. The number of carbonyl (C=O) groups is 2. The molecule has 0 fully saturated rings. The van der Waals surface area contributed by atoms with Crippen molar-refractivity contribution in [3.05, 3.63) is 69.8 Å². The highest BCUT2D eigenvalue weighted by molar-refractivity contribution is 5.95. The number of nitro groups is 1. The molecule has 0 saturated heterocycles. The van der Waals surface area contributed by atoms with Crippen molar-refractivity contribution in [1.82, 2.24) is 4.90 Å². The van der Waals surface area contributed by atoms with Crippen LogP contribution in [-0.2, 0) is 11.3 Å². The summed E-state index contributed by atoms with van der Waals surface area (Å²) >= 11 is 0. The summed E-state index contributed by atoms with van der Waals surface area (Å²) in [5.74, 6) is -1.24. The summed E-state index contributed by atoms with van der Waals surface area (Å²) in [7, 11) is 0. The zero-order valence-corrected chi connectivity index (χ0v) is 15.5. The smallest absolute Gasteiger partial charge is 0.311 e. The fraction of sp³-hybridized carbons (Fsp3) is 0.300. The predicted molar refractivity (Wildman–Crippen MR) is 102 cm³/mol. The number of benzene rings is 2. The van der Waals surface area contributed by atoms with E-state index in [0.717, 1.165) is 5.56 Å². The van der Waals surface area contributed by atoms with Crippen LogP contribution in [0.4, 0.5) is 5.69 Å². The lowest BCUT2D eigenvalue weighted by atomic mass is 10.1. The van der Waals surface area contributed by atoms with Crippen molar-refractivity contribution in [2.45, 2.75) is 26.3 Å². The Morgan fingerprint density at radius 1 is 1.18 bits per heavy atom. The number of aliphatic carboxylic acids is 1. The average molecular weight is 386 g/mol. The molecular weight excluding hydrogens is 364 g/mol. The van der Waals surface area contributed by atoms with Crippen molar-refractivity contribution in [1.29, 1.82) is 0 Å². The fourth-order valence-corrected chi connectivity index (χ4v) is 2.73. The summed E-state index contributed by atoms with van der Waals surface area (Å²) in [6, 6.07) is 13.4. The number of hydrogen-bond donors (Lipinski definition) is 1. The van der Waals surface area contributed by atoms with Crippen molar-refractivity contribution in [3.63, 3.8) is 0 Å². The van der Waals surface area contributed by atoms with Crippen molar-refractivity contribution in [3.8, 4) is 5.75 Å². The molecule has 2 rings (SSSR count). The summed E-state index contributed by atoms with van der Waals surface area (Å²) in [6.45, 7) is 2.48. The molecule has 0 heterocycles. The Bertz CT molecular complexity index is 838. The number of carbonyl (C=O) groups excluding carboxylic acids is 1. The maximum atomic E-state index is 13.0. The largest absolute Gasteiger partial charge is 0.487 e. The molecule has 8 heteroatoms. The van der Waals surface area contributed by atoms with Gasteiger partial charge in [-0.1, -0.05) is 30.3 Å². The second kappa shape index (κ2) is 10.1. The normalized spacial score (nSPS) is 10.3. The van der Waals surface area contributed by atoms with E-state index in [4.69, 9.17) is 9.84 Å². The number of rotatable bonds is 10. The zero-order valence-electron chi connectivity index (χ0n) is 15.5. The molecule has 0 radical (unpaired) electrons. The van der Waals surface area contributed by atoms with Gasteiger partial charge in [-0.2, -0.15) is 0 Å². The molecule has 0 aromatic heterocycles. The van der Waals surface area contributed by atoms with Gasteiger partial charge in [0.2, 0.25) is 0 Å². The van der Waals surface area contributed by atoms with Gasteiger partial charge in [-0.15, -0.1) is 0 Å². The van der Waals surface area contributed by atoms with Crippen molar-refractivity contribution < 1.29 is 24.4 Å². The van der Waals surface area contributed by atoms with Crippen LogP contribution in [0.2, 0.25) is 0 Å². The number of hydrogen-bond acceptors (Lipinski definition) is 5. The molecule has 0 bridgehead atoms. The lowest BCUT2D eigenvalue weighted by Gasteiger charge is -2.23. The molecule has 8 nitrogen and oxygen atoms in total. The third kappa shape index (κ3) is 5.80. The summed E-state index contributed by atoms with van der Waals surface area (Å²) in [5.41, 5.74) is 0.755. The van der Waals surface area contributed by atoms with Gasteiger partial charge in [0.1, 0.15) is 0 Å². The van der Waals surface area contributed by atoms with E-state index in [9.17, 15) is 19.7 Å². The van der Waals surface area contributed by atoms with Gasteiger partial charge >= 0.3 is 11.7 Å². The fourth-order valence-electron chi connectivity index (χ4n) is 2.73. The standard InChI is InChI=1S/C20H22N2O6/c1-2-28-18-11-10-16(13-17(18)22(26)27)20(25)21(12-6-9-19(23)24)14-15-7-4-3-5-8-15/h3-5,7-8,10-11,13H,2,6,9,12,14H2,1H3,(H,23,24). The summed E-state index contributed by atoms with van der Waals surface area (Å²) < 4.78 is 5.25. The highest BCUT2D eigenvalue weighted by atomic mass is 16.6. The van der Waals surface area contributed by atoms with Crippen LogP contribution in [0.5, 0.6) is 5.75 Å². The first kappa shape index (κ1) is 20.9. The summed E-state index contributed by atoms with van der Waals surface area (Å²) in [4.78, 5) is 36.0. The van der Waals surface area contributed by atoms with Gasteiger partial charge in [-0.05, 0) is 31.0 Å². The number of nitro benzene ring substituents is 1. The quantitative estimate of drug-likeness (QED) is 0.494. The Balaban J connectivity index is 2.28. The Morgan fingerprint density at radius 3 is 2.50 bits per heavy atom. The van der Waals surface area contributed by atoms with Crippen LogP contribution in [0.25, 0.3) is 0 Å². The van der Waals surface area contributed by atoms with E-state index < -0.39 is 16.8 Å². The van der Waals surface area contributed by atoms with Crippen LogP contribution in [0.15, 0.2) is 48.5 Å². The van der Waals surface area contributed by atoms with E-state index >= 15 is 0 Å². The molecule has 0 aliphatic heterocycles. The molecular formula is C20H22N2O6. The minimum Gasteiger partial charge on any atom is -0.487 e. The summed E-state index contributed by atoms with van der Waals surface area (Å²) in [5, 5.41) is 20.2. The molecule has 1 N–H and O–H groups in total. The van der Waals surface area contributed by atoms with Crippen LogP contribution >= 0.6 is 0 Å². The SMILES string of the molecule is CCOc1ccc(C(=O)N(CCCC(=O)O)Cc2ccccc2)cc1[N+](=O)[O-]. The van der Waals surface area contributed by atoms with Crippen LogP contribution < -0.4 is 4.74 Å². The van der Waals surface area contributed by atoms with E-state index in [-0.39, 0.29) is 49.5 Å². The van der Waals surface area contributed by atoms with Gasteiger partial charge in [0.05, 0.1) is 11.5 Å². The predicted octanol–water partition coefficient (Wildman–Crippen LogP) is 3.50. The van der Waals surface area contributed by atoms with Gasteiger partial charge in [-0.3, -0.25) is 19.7 Å². The molecule has 2 aromatic carbocycles. The molecule has 2 aromatic rings. The maximum absolute atomic E-state index is 13.0. The van der Waals surface area contributed by atoms with Crippen LogP contribution in [0.3, 0.4) is 0 Å². The lowest BCUT2D eigenvalue weighted by molar-refractivity contribution is -0.385. The van der Waals surface area contributed by atoms with Crippen molar-refractivity contribution in [2.24, 2.45) is 0 Å². The Labute approximate surface area is 162 Å². The molecule has 28 heavy (non-hydrogen) atoms. The van der Waals surface area contributed by atoms with Gasteiger partial charge in [0, 0.05) is 31.1 Å². The van der Waals surface area contributed by atoms with Crippen LogP contribution in [-0.4, -0.2) is 40.0 Å². The van der Waals surface area contributed by atoms with E-state index in [1.54, 1.807) is 6.92 Å². The molecule has 0 spiro atoms. The minimum absolute atomic E-state index is 0.0675. The average Bonchev–Trinajstić information content (AvgIpc) is 2.67. The number of amides is 1. The number of ether oxygens (including phenoxy) is 1. The third-order valence-electron chi connectivity index (χ3n) is 4.02. The number of carboxylic acid groups (broad SMARTS) is 1. The third-order valence-corrected chi connectivity index (χ3v) is 4.02.